The molecule has 2 nitrogen and oxygen atoms in total. The van der Waals surface area contributed by atoms with Crippen LogP contribution in [0.2, 0.25) is 0 Å². The molecule has 0 aliphatic rings. The molecular weight excluding hydrogens is 241 g/mol. The normalized spacial score (nSPS) is 12.3. The highest BCUT2D eigenvalue weighted by Gasteiger charge is 2.09. The summed E-state index contributed by atoms with van der Waals surface area (Å²) in [6.07, 6.45) is 0. The number of hydrogen-bond donors (Lipinski definition) is 1. The summed E-state index contributed by atoms with van der Waals surface area (Å²) in [6, 6.07) is 10.4. The van der Waals surface area contributed by atoms with Gasteiger partial charge in [0, 0.05) is 6.04 Å². The van der Waals surface area contributed by atoms with E-state index < -0.39 is 5.82 Å². The van der Waals surface area contributed by atoms with Crippen LogP contribution in [0.3, 0.4) is 0 Å². The maximum Gasteiger partial charge on any atom is 0.166 e. The number of benzene rings is 2. The van der Waals surface area contributed by atoms with Crippen molar-refractivity contribution in [3.05, 3.63) is 58.9 Å². The summed E-state index contributed by atoms with van der Waals surface area (Å²) in [5.41, 5.74) is 8.61. The minimum absolute atomic E-state index is 0.190. The zero-order chi connectivity index (χ0) is 14.0. The molecule has 2 aromatic carbocycles. The van der Waals surface area contributed by atoms with Crippen LogP contribution in [0, 0.1) is 19.7 Å². The van der Waals surface area contributed by atoms with Gasteiger partial charge in [0.2, 0.25) is 0 Å². The van der Waals surface area contributed by atoms with Crippen molar-refractivity contribution in [3.63, 3.8) is 0 Å². The fourth-order valence-corrected chi connectivity index (χ4v) is 1.92. The highest BCUT2D eigenvalue weighted by atomic mass is 19.1. The summed E-state index contributed by atoms with van der Waals surface area (Å²) in [7, 11) is 0. The Kier molecular flexibility index (Phi) is 3.86. The van der Waals surface area contributed by atoms with Crippen molar-refractivity contribution in [1.29, 1.82) is 0 Å². The maximum atomic E-state index is 13.9. The largest absolute Gasteiger partial charge is 0.454 e. The highest BCUT2D eigenvalue weighted by Crippen LogP contribution is 2.29. The lowest BCUT2D eigenvalue weighted by molar-refractivity contribution is 0.438. The Balaban J connectivity index is 2.28. The fraction of sp³-hybridized carbons (Fsp3) is 0.250. The van der Waals surface area contributed by atoms with Gasteiger partial charge in [-0.1, -0.05) is 23.8 Å². The minimum Gasteiger partial charge on any atom is -0.454 e. The summed E-state index contributed by atoms with van der Waals surface area (Å²) in [4.78, 5) is 0. The monoisotopic (exact) mass is 259 g/mol. The molecule has 0 saturated carbocycles. The first-order valence-corrected chi connectivity index (χ1v) is 6.27. The van der Waals surface area contributed by atoms with E-state index >= 15 is 0 Å². The molecule has 1 unspecified atom stereocenters. The Labute approximate surface area is 113 Å². The van der Waals surface area contributed by atoms with Gasteiger partial charge in [-0.05, 0) is 50.1 Å². The quantitative estimate of drug-likeness (QED) is 0.894. The molecule has 0 heterocycles. The van der Waals surface area contributed by atoms with Crippen LogP contribution >= 0.6 is 0 Å². The molecule has 19 heavy (non-hydrogen) atoms. The number of hydrogen-bond acceptors (Lipinski definition) is 2. The van der Waals surface area contributed by atoms with E-state index in [-0.39, 0.29) is 11.8 Å². The van der Waals surface area contributed by atoms with Gasteiger partial charge in [0.25, 0.3) is 0 Å². The van der Waals surface area contributed by atoms with Crippen LogP contribution < -0.4 is 10.5 Å². The van der Waals surface area contributed by atoms with Crippen LogP contribution in [-0.2, 0) is 0 Å². The number of ether oxygens (including phenoxy) is 1. The zero-order valence-corrected chi connectivity index (χ0v) is 11.4. The summed E-state index contributed by atoms with van der Waals surface area (Å²) < 4.78 is 19.5. The van der Waals surface area contributed by atoms with Crippen LogP contribution in [0.15, 0.2) is 36.4 Å². The van der Waals surface area contributed by atoms with Gasteiger partial charge in [0.05, 0.1) is 0 Å². The van der Waals surface area contributed by atoms with Crippen molar-refractivity contribution < 1.29 is 9.13 Å². The maximum absolute atomic E-state index is 13.9. The number of rotatable bonds is 3. The Morgan fingerprint density at radius 2 is 1.74 bits per heavy atom. The summed E-state index contributed by atoms with van der Waals surface area (Å²) in [5, 5.41) is 0. The van der Waals surface area contributed by atoms with Crippen molar-refractivity contribution in [2.45, 2.75) is 26.8 Å². The standard InChI is InChI=1S/C16H18FNO/c1-10-4-6-15(11(2)8-10)19-16-7-5-13(12(3)18)9-14(16)17/h4-9,12H,18H2,1-3H3. The lowest BCUT2D eigenvalue weighted by Crippen LogP contribution is -2.05. The van der Waals surface area contributed by atoms with E-state index in [0.29, 0.717) is 5.75 Å². The van der Waals surface area contributed by atoms with E-state index in [0.717, 1.165) is 16.7 Å². The van der Waals surface area contributed by atoms with E-state index in [4.69, 9.17) is 10.5 Å². The third-order valence-corrected chi connectivity index (χ3v) is 3.03. The lowest BCUT2D eigenvalue weighted by atomic mass is 10.1. The van der Waals surface area contributed by atoms with E-state index in [9.17, 15) is 4.39 Å². The first-order chi connectivity index (χ1) is 8.97. The molecule has 0 aliphatic heterocycles. The molecule has 0 radical (unpaired) electrons. The SMILES string of the molecule is Cc1ccc(Oc2ccc(C(C)N)cc2F)c(C)c1. The van der Waals surface area contributed by atoms with Crippen molar-refractivity contribution in [2.24, 2.45) is 5.73 Å². The van der Waals surface area contributed by atoms with Crippen molar-refractivity contribution >= 4 is 0 Å². The molecule has 100 valence electrons. The minimum atomic E-state index is -0.394. The van der Waals surface area contributed by atoms with Crippen molar-refractivity contribution in [1.82, 2.24) is 0 Å². The van der Waals surface area contributed by atoms with E-state index in [1.807, 2.05) is 39.0 Å². The Hall–Kier alpha value is -1.87. The van der Waals surface area contributed by atoms with E-state index in [2.05, 4.69) is 0 Å². The van der Waals surface area contributed by atoms with Crippen LogP contribution in [0.5, 0.6) is 11.5 Å². The van der Waals surface area contributed by atoms with Gasteiger partial charge in [0.1, 0.15) is 5.75 Å². The van der Waals surface area contributed by atoms with Gasteiger partial charge >= 0.3 is 0 Å². The third kappa shape index (κ3) is 3.12. The molecule has 1 atom stereocenters. The molecule has 0 amide bonds. The van der Waals surface area contributed by atoms with Crippen LogP contribution in [0.4, 0.5) is 4.39 Å². The van der Waals surface area contributed by atoms with Crippen molar-refractivity contribution in [2.75, 3.05) is 0 Å². The van der Waals surface area contributed by atoms with Gasteiger partial charge < -0.3 is 10.5 Å². The van der Waals surface area contributed by atoms with Gasteiger partial charge in [0.15, 0.2) is 11.6 Å². The smallest absolute Gasteiger partial charge is 0.166 e. The molecule has 0 aliphatic carbocycles. The predicted molar refractivity (Wildman–Crippen MR) is 75.0 cm³/mol. The molecular formula is C16H18FNO. The first-order valence-electron chi connectivity index (χ1n) is 6.27. The van der Waals surface area contributed by atoms with Crippen molar-refractivity contribution in [3.8, 4) is 11.5 Å². The lowest BCUT2D eigenvalue weighted by Gasteiger charge is -2.12. The molecule has 3 heteroatoms. The summed E-state index contributed by atoms with van der Waals surface area (Å²) in [5.74, 6) is 0.490. The van der Waals surface area contributed by atoms with Gasteiger partial charge in [-0.15, -0.1) is 0 Å². The average molecular weight is 259 g/mol. The van der Waals surface area contributed by atoms with Gasteiger partial charge in [-0.2, -0.15) is 0 Å². The second-order valence-electron chi connectivity index (χ2n) is 4.85. The topological polar surface area (TPSA) is 35.2 Å². The average Bonchev–Trinajstić information content (AvgIpc) is 2.34. The number of nitrogens with two attached hydrogens (primary N) is 1. The van der Waals surface area contributed by atoms with Gasteiger partial charge in [-0.3, -0.25) is 0 Å². The van der Waals surface area contributed by atoms with Gasteiger partial charge in [-0.25, -0.2) is 4.39 Å². The number of halogens is 1. The second-order valence-corrected chi connectivity index (χ2v) is 4.85. The summed E-state index contributed by atoms with van der Waals surface area (Å²) in [6.45, 7) is 5.77. The second kappa shape index (κ2) is 5.41. The molecule has 2 rings (SSSR count). The Bertz CT molecular complexity index is 593. The highest BCUT2D eigenvalue weighted by molar-refractivity contribution is 5.40. The van der Waals surface area contributed by atoms with Crippen LogP contribution in [0.25, 0.3) is 0 Å². The zero-order valence-electron chi connectivity index (χ0n) is 11.4. The Morgan fingerprint density at radius 3 is 2.32 bits per heavy atom. The molecule has 2 N–H and O–H groups in total. The molecule has 0 aromatic heterocycles. The first kappa shape index (κ1) is 13.6. The summed E-state index contributed by atoms with van der Waals surface area (Å²) >= 11 is 0. The van der Waals surface area contributed by atoms with E-state index in [1.165, 1.54) is 6.07 Å². The van der Waals surface area contributed by atoms with Crippen LogP contribution in [-0.4, -0.2) is 0 Å². The molecule has 2 aromatic rings. The van der Waals surface area contributed by atoms with E-state index in [1.54, 1.807) is 12.1 Å². The molecule has 0 spiro atoms. The molecule has 0 fully saturated rings. The fourth-order valence-electron chi connectivity index (χ4n) is 1.92. The number of aryl methyl sites for hydroxylation is 2. The molecule has 0 saturated heterocycles. The predicted octanol–water partition coefficient (Wildman–Crippen LogP) is 4.25. The van der Waals surface area contributed by atoms with Crippen LogP contribution in [0.1, 0.15) is 29.7 Å². The third-order valence-electron chi connectivity index (χ3n) is 3.03. The Morgan fingerprint density at radius 1 is 1.05 bits per heavy atom. The molecule has 0 bridgehead atoms.